The molecule has 1 rings (SSSR count). The summed E-state index contributed by atoms with van der Waals surface area (Å²) in [6.45, 7) is 0. The van der Waals surface area contributed by atoms with Gasteiger partial charge in [-0.3, -0.25) is 0 Å². The standard InChI is InChI=1S/C10H9BrFNO2/c1-15-10-7(11)5-6(3-2-4-13)9(14)8(10)12/h5,14H,2-3H2,1H3. The van der Waals surface area contributed by atoms with E-state index in [2.05, 4.69) is 15.9 Å². The molecular weight excluding hydrogens is 265 g/mol. The molecule has 1 aromatic rings. The zero-order valence-electron chi connectivity index (χ0n) is 8.05. The first-order valence-electron chi connectivity index (χ1n) is 4.22. The van der Waals surface area contributed by atoms with Crippen molar-refractivity contribution in [2.24, 2.45) is 0 Å². The van der Waals surface area contributed by atoms with Gasteiger partial charge in [-0.15, -0.1) is 0 Å². The molecule has 0 aliphatic rings. The fraction of sp³-hybridized carbons (Fsp3) is 0.300. The number of nitrogens with zero attached hydrogens (tertiary/aromatic N) is 1. The third kappa shape index (κ3) is 2.39. The average Bonchev–Trinajstić information content (AvgIpc) is 2.22. The van der Waals surface area contributed by atoms with Crippen LogP contribution in [0.3, 0.4) is 0 Å². The molecule has 0 saturated carbocycles. The van der Waals surface area contributed by atoms with E-state index < -0.39 is 11.6 Å². The van der Waals surface area contributed by atoms with Crippen molar-refractivity contribution in [3.63, 3.8) is 0 Å². The first kappa shape index (κ1) is 11.8. The third-order valence-electron chi connectivity index (χ3n) is 1.94. The summed E-state index contributed by atoms with van der Waals surface area (Å²) in [4.78, 5) is 0. The van der Waals surface area contributed by atoms with Gasteiger partial charge in [-0.2, -0.15) is 9.65 Å². The lowest BCUT2D eigenvalue weighted by atomic mass is 10.1. The van der Waals surface area contributed by atoms with Gasteiger partial charge in [0.1, 0.15) is 0 Å². The molecule has 0 unspecified atom stereocenters. The Morgan fingerprint density at radius 1 is 1.67 bits per heavy atom. The van der Waals surface area contributed by atoms with E-state index in [1.165, 1.54) is 7.11 Å². The van der Waals surface area contributed by atoms with E-state index in [4.69, 9.17) is 10.00 Å². The largest absolute Gasteiger partial charge is 0.505 e. The Hall–Kier alpha value is -1.28. The highest BCUT2D eigenvalue weighted by molar-refractivity contribution is 9.10. The van der Waals surface area contributed by atoms with E-state index in [9.17, 15) is 9.50 Å². The smallest absolute Gasteiger partial charge is 0.208 e. The zero-order valence-corrected chi connectivity index (χ0v) is 9.64. The normalized spacial score (nSPS) is 9.73. The number of halogens is 2. The van der Waals surface area contributed by atoms with Crippen molar-refractivity contribution in [3.8, 4) is 17.6 Å². The van der Waals surface area contributed by atoms with Gasteiger partial charge in [0.15, 0.2) is 11.5 Å². The minimum Gasteiger partial charge on any atom is -0.505 e. The monoisotopic (exact) mass is 273 g/mol. The van der Waals surface area contributed by atoms with Gasteiger partial charge >= 0.3 is 0 Å². The van der Waals surface area contributed by atoms with Gasteiger partial charge in [-0.25, -0.2) is 0 Å². The highest BCUT2D eigenvalue weighted by atomic mass is 79.9. The van der Waals surface area contributed by atoms with Crippen LogP contribution in [0.2, 0.25) is 0 Å². The summed E-state index contributed by atoms with van der Waals surface area (Å²) in [5.41, 5.74) is 0.390. The van der Waals surface area contributed by atoms with Crippen molar-refractivity contribution >= 4 is 15.9 Å². The Balaban J connectivity index is 3.17. The maximum Gasteiger partial charge on any atom is 0.208 e. The number of methoxy groups -OCH3 is 1. The van der Waals surface area contributed by atoms with Crippen LogP contribution in [0, 0.1) is 17.1 Å². The lowest BCUT2D eigenvalue weighted by Crippen LogP contribution is -1.94. The van der Waals surface area contributed by atoms with Crippen molar-refractivity contribution in [3.05, 3.63) is 21.9 Å². The summed E-state index contributed by atoms with van der Waals surface area (Å²) in [6, 6.07) is 3.48. The summed E-state index contributed by atoms with van der Waals surface area (Å²) in [7, 11) is 1.32. The SMILES string of the molecule is COc1c(Br)cc(CCC#N)c(O)c1F. The fourth-order valence-corrected chi connectivity index (χ4v) is 1.82. The molecule has 3 nitrogen and oxygen atoms in total. The zero-order chi connectivity index (χ0) is 11.4. The van der Waals surface area contributed by atoms with Crippen molar-refractivity contribution in [1.29, 1.82) is 5.26 Å². The number of rotatable bonds is 3. The first-order chi connectivity index (χ1) is 7.11. The summed E-state index contributed by atoms with van der Waals surface area (Å²) in [5, 5.41) is 17.9. The van der Waals surface area contributed by atoms with E-state index in [1.54, 1.807) is 6.07 Å². The van der Waals surface area contributed by atoms with E-state index in [-0.39, 0.29) is 12.2 Å². The number of aryl methyl sites for hydroxylation is 1. The molecule has 1 N–H and O–H groups in total. The molecule has 0 spiro atoms. The summed E-state index contributed by atoms with van der Waals surface area (Å²) in [5.74, 6) is -1.29. The predicted octanol–water partition coefficient (Wildman–Crippen LogP) is 2.76. The Morgan fingerprint density at radius 2 is 2.33 bits per heavy atom. The molecule has 0 aliphatic carbocycles. The molecule has 80 valence electrons. The number of phenols is 1. The molecule has 5 heteroatoms. The summed E-state index contributed by atoms with van der Waals surface area (Å²) < 4.78 is 18.7. The second kappa shape index (κ2) is 4.99. The number of phenolic OH excluding ortho intramolecular Hbond substituents is 1. The maximum absolute atomic E-state index is 13.5. The molecule has 1 aromatic carbocycles. The minimum absolute atomic E-state index is 0.0341. The molecule has 0 amide bonds. The second-order valence-electron chi connectivity index (χ2n) is 2.87. The number of ether oxygens (including phenoxy) is 1. The average molecular weight is 274 g/mol. The molecule has 0 atom stereocenters. The van der Waals surface area contributed by atoms with Gasteiger partial charge in [0.25, 0.3) is 0 Å². The highest BCUT2D eigenvalue weighted by Gasteiger charge is 2.16. The lowest BCUT2D eigenvalue weighted by molar-refractivity contribution is 0.360. The Bertz CT molecular complexity index is 415. The van der Waals surface area contributed by atoms with E-state index in [1.807, 2.05) is 6.07 Å². The second-order valence-corrected chi connectivity index (χ2v) is 3.73. The van der Waals surface area contributed by atoms with Gasteiger partial charge in [0.05, 0.1) is 17.7 Å². The molecule has 0 fully saturated rings. The molecule has 0 heterocycles. The van der Waals surface area contributed by atoms with Crippen molar-refractivity contribution in [2.75, 3.05) is 7.11 Å². The predicted molar refractivity (Wildman–Crippen MR) is 56.3 cm³/mol. The summed E-state index contributed by atoms with van der Waals surface area (Å²) in [6.07, 6.45) is 0.535. The highest BCUT2D eigenvalue weighted by Crippen LogP contribution is 2.36. The minimum atomic E-state index is -0.806. The van der Waals surface area contributed by atoms with Crippen LogP contribution >= 0.6 is 15.9 Å². The van der Waals surface area contributed by atoms with E-state index in [0.29, 0.717) is 16.5 Å². The Labute approximate surface area is 95.2 Å². The maximum atomic E-state index is 13.5. The quantitative estimate of drug-likeness (QED) is 0.922. The summed E-state index contributed by atoms with van der Waals surface area (Å²) >= 11 is 3.13. The third-order valence-corrected chi connectivity index (χ3v) is 2.53. The van der Waals surface area contributed by atoms with Gasteiger partial charge < -0.3 is 9.84 Å². The van der Waals surface area contributed by atoms with Crippen LogP contribution in [-0.4, -0.2) is 12.2 Å². The van der Waals surface area contributed by atoms with Crippen LogP contribution < -0.4 is 4.74 Å². The van der Waals surface area contributed by atoms with Crippen molar-refractivity contribution in [2.45, 2.75) is 12.8 Å². The molecule has 0 aromatic heterocycles. The number of aromatic hydroxyl groups is 1. The van der Waals surface area contributed by atoms with Crippen LogP contribution in [-0.2, 0) is 6.42 Å². The number of hydrogen-bond donors (Lipinski definition) is 1. The van der Waals surface area contributed by atoms with Crippen LogP contribution in [0.5, 0.6) is 11.5 Å². The Morgan fingerprint density at radius 3 is 2.87 bits per heavy atom. The van der Waals surface area contributed by atoms with E-state index in [0.717, 1.165) is 0 Å². The van der Waals surface area contributed by atoms with Crippen LogP contribution in [0.1, 0.15) is 12.0 Å². The van der Waals surface area contributed by atoms with E-state index >= 15 is 0 Å². The fourth-order valence-electron chi connectivity index (χ4n) is 1.21. The first-order valence-corrected chi connectivity index (χ1v) is 5.02. The Kier molecular flexibility index (Phi) is 3.92. The molecule has 0 radical (unpaired) electrons. The van der Waals surface area contributed by atoms with Gasteiger partial charge in [0.2, 0.25) is 5.82 Å². The van der Waals surface area contributed by atoms with Gasteiger partial charge in [-0.05, 0) is 34.0 Å². The van der Waals surface area contributed by atoms with Gasteiger partial charge in [-0.1, -0.05) is 0 Å². The van der Waals surface area contributed by atoms with Crippen molar-refractivity contribution < 1.29 is 14.2 Å². The lowest BCUT2D eigenvalue weighted by Gasteiger charge is -2.09. The van der Waals surface area contributed by atoms with Crippen molar-refractivity contribution in [1.82, 2.24) is 0 Å². The van der Waals surface area contributed by atoms with Crippen LogP contribution in [0.4, 0.5) is 4.39 Å². The van der Waals surface area contributed by atoms with Gasteiger partial charge in [0, 0.05) is 6.42 Å². The molecular formula is C10H9BrFNO2. The number of hydrogen-bond acceptors (Lipinski definition) is 3. The number of benzene rings is 1. The van der Waals surface area contributed by atoms with Crippen LogP contribution in [0.25, 0.3) is 0 Å². The number of nitriles is 1. The molecule has 0 bridgehead atoms. The molecule has 0 saturated heterocycles. The van der Waals surface area contributed by atoms with Crippen LogP contribution in [0.15, 0.2) is 10.5 Å². The molecule has 0 aliphatic heterocycles. The molecule has 15 heavy (non-hydrogen) atoms. The topological polar surface area (TPSA) is 53.2 Å².